The lowest BCUT2D eigenvalue weighted by atomic mass is 9.94. The van der Waals surface area contributed by atoms with E-state index in [1.54, 1.807) is 19.2 Å². The number of carboxylic acid groups (broad SMARTS) is 1. The maximum atomic E-state index is 11.5. The molecule has 0 radical (unpaired) electrons. The molecule has 1 aromatic rings. The van der Waals surface area contributed by atoms with Gasteiger partial charge in [-0.25, -0.2) is 0 Å². The quantitative estimate of drug-likeness (QED) is 0.872. The van der Waals surface area contributed by atoms with E-state index in [-0.39, 0.29) is 6.10 Å². The summed E-state index contributed by atoms with van der Waals surface area (Å²) in [7, 11) is 1.55. The first-order chi connectivity index (χ1) is 8.51. The highest BCUT2D eigenvalue weighted by molar-refractivity contribution is 5.87. The number of hydrogen-bond donors (Lipinski definition) is 1. The van der Waals surface area contributed by atoms with Gasteiger partial charge in [0.1, 0.15) is 16.9 Å². The zero-order chi connectivity index (χ0) is 13.3. The minimum absolute atomic E-state index is 0.000418. The predicted molar refractivity (Wildman–Crippen MR) is 67.3 cm³/mol. The van der Waals surface area contributed by atoms with Crippen molar-refractivity contribution in [1.82, 2.24) is 0 Å². The lowest BCUT2D eigenvalue weighted by Gasteiger charge is -2.20. The molecule has 0 heterocycles. The van der Waals surface area contributed by atoms with Crippen molar-refractivity contribution >= 4 is 5.97 Å². The van der Waals surface area contributed by atoms with E-state index in [1.807, 2.05) is 19.9 Å². The average Bonchev–Trinajstić information content (AvgIpc) is 3.09. The normalized spacial score (nSPS) is 16.4. The zero-order valence-electron chi connectivity index (χ0n) is 10.9. The molecule has 0 amide bonds. The Morgan fingerprint density at radius 1 is 1.33 bits per heavy atom. The molecule has 0 unspecified atom stereocenters. The average molecular weight is 250 g/mol. The number of carbonyl (C=O) groups is 1. The first kappa shape index (κ1) is 12.7. The van der Waals surface area contributed by atoms with Crippen molar-refractivity contribution in [2.75, 3.05) is 7.11 Å². The van der Waals surface area contributed by atoms with Crippen LogP contribution in [-0.2, 0) is 10.2 Å². The van der Waals surface area contributed by atoms with Crippen molar-refractivity contribution in [3.63, 3.8) is 0 Å². The van der Waals surface area contributed by atoms with Crippen molar-refractivity contribution in [1.29, 1.82) is 0 Å². The largest absolute Gasteiger partial charge is 0.496 e. The molecule has 0 aromatic heterocycles. The minimum atomic E-state index is -0.823. The van der Waals surface area contributed by atoms with Crippen LogP contribution in [0.3, 0.4) is 0 Å². The first-order valence-corrected chi connectivity index (χ1v) is 6.09. The van der Waals surface area contributed by atoms with Gasteiger partial charge in [-0.05, 0) is 38.8 Å². The molecule has 1 aliphatic rings. The number of rotatable bonds is 5. The summed E-state index contributed by atoms with van der Waals surface area (Å²) in [6.07, 6.45) is 1.27. The van der Waals surface area contributed by atoms with Gasteiger partial charge in [-0.2, -0.15) is 0 Å². The van der Waals surface area contributed by atoms with E-state index in [4.69, 9.17) is 9.47 Å². The molecule has 98 valence electrons. The molecule has 0 aliphatic heterocycles. The van der Waals surface area contributed by atoms with E-state index in [0.717, 1.165) is 0 Å². The second-order valence-electron chi connectivity index (χ2n) is 4.89. The van der Waals surface area contributed by atoms with Gasteiger partial charge in [-0.15, -0.1) is 0 Å². The van der Waals surface area contributed by atoms with Gasteiger partial charge < -0.3 is 14.6 Å². The first-order valence-electron chi connectivity index (χ1n) is 6.09. The Kier molecular flexibility index (Phi) is 3.20. The topological polar surface area (TPSA) is 55.8 Å². The molecule has 0 atom stereocenters. The molecular weight excluding hydrogens is 232 g/mol. The van der Waals surface area contributed by atoms with Crippen molar-refractivity contribution < 1.29 is 19.4 Å². The fraction of sp³-hybridized carbons (Fsp3) is 0.500. The standard InChI is InChI=1S/C14H18O4/c1-9(2)18-11-6-4-5-10(17-3)12(11)14(7-8-14)13(15)16/h4-6,9H,7-8H2,1-3H3,(H,15,16). The van der Waals surface area contributed by atoms with Crippen LogP contribution < -0.4 is 9.47 Å². The number of hydrogen-bond acceptors (Lipinski definition) is 3. The summed E-state index contributed by atoms with van der Waals surface area (Å²) >= 11 is 0. The number of benzene rings is 1. The van der Waals surface area contributed by atoms with Crippen molar-refractivity contribution in [2.24, 2.45) is 0 Å². The van der Waals surface area contributed by atoms with E-state index >= 15 is 0 Å². The monoisotopic (exact) mass is 250 g/mol. The molecule has 4 heteroatoms. The van der Waals surface area contributed by atoms with Crippen LogP contribution in [0.15, 0.2) is 18.2 Å². The Morgan fingerprint density at radius 2 is 1.94 bits per heavy atom. The van der Waals surface area contributed by atoms with Crippen molar-refractivity contribution in [3.8, 4) is 11.5 Å². The van der Waals surface area contributed by atoms with Gasteiger partial charge >= 0.3 is 5.97 Å². The Bertz CT molecular complexity index is 461. The van der Waals surface area contributed by atoms with Crippen LogP contribution >= 0.6 is 0 Å². The van der Waals surface area contributed by atoms with Crippen LogP contribution in [0.25, 0.3) is 0 Å². The second-order valence-corrected chi connectivity index (χ2v) is 4.89. The third-order valence-corrected chi connectivity index (χ3v) is 3.21. The lowest BCUT2D eigenvalue weighted by Crippen LogP contribution is -2.22. The van der Waals surface area contributed by atoms with Gasteiger partial charge in [0.25, 0.3) is 0 Å². The molecular formula is C14H18O4. The summed E-state index contributed by atoms with van der Waals surface area (Å²) in [5, 5.41) is 9.42. The van der Waals surface area contributed by atoms with Gasteiger partial charge in [-0.3, -0.25) is 4.79 Å². The summed E-state index contributed by atoms with van der Waals surface area (Å²) in [4.78, 5) is 11.5. The highest BCUT2D eigenvalue weighted by Crippen LogP contribution is 2.54. The Morgan fingerprint density at radius 3 is 2.39 bits per heavy atom. The molecule has 0 bridgehead atoms. The number of carboxylic acids is 1. The third-order valence-electron chi connectivity index (χ3n) is 3.21. The number of methoxy groups -OCH3 is 1. The SMILES string of the molecule is COc1cccc(OC(C)C)c1C1(C(=O)O)CC1. The molecule has 18 heavy (non-hydrogen) atoms. The predicted octanol–water partition coefficient (Wildman–Crippen LogP) is 2.60. The van der Waals surface area contributed by atoms with Crippen LogP contribution in [0.1, 0.15) is 32.3 Å². The van der Waals surface area contributed by atoms with Crippen LogP contribution in [0.4, 0.5) is 0 Å². The van der Waals surface area contributed by atoms with Gasteiger partial charge in [0.15, 0.2) is 0 Å². The maximum Gasteiger partial charge on any atom is 0.314 e. The fourth-order valence-corrected chi connectivity index (χ4v) is 2.20. The van der Waals surface area contributed by atoms with Crippen LogP contribution in [0, 0.1) is 0 Å². The van der Waals surface area contributed by atoms with Gasteiger partial charge in [0.2, 0.25) is 0 Å². The molecule has 4 nitrogen and oxygen atoms in total. The smallest absolute Gasteiger partial charge is 0.314 e. The molecule has 1 aromatic carbocycles. The van der Waals surface area contributed by atoms with Crippen LogP contribution in [0.5, 0.6) is 11.5 Å². The van der Waals surface area contributed by atoms with E-state index in [1.165, 1.54) is 0 Å². The Hall–Kier alpha value is -1.71. The molecule has 0 spiro atoms. The molecule has 1 fully saturated rings. The summed E-state index contributed by atoms with van der Waals surface area (Å²) in [6, 6.07) is 5.41. The molecule has 0 saturated heterocycles. The fourth-order valence-electron chi connectivity index (χ4n) is 2.20. The van der Waals surface area contributed by atoms with Crippen LogP contribution in [-0.4, -0.2) is 24.3 Å². The maximum absolute atomic E-state index is 11.5. The minimum Gasteiger partial charge on any atom is -0.496 e. The van der Waals surface area contributed by atoms with E-state index in [0.29, 0.717) is 29.9 Å². The highest BCUT2D eigenvalue weighted by atomic mass is 16.5. The molecule has 1 N–H and O–H groups in total. The van der Waals surface area contributed by atoms with E-state index < -0.39 is 11.4 Å². The summed E-state index contributed by atoms with van der Waals surface area (Å²) in [5.41, 5.74) is -0.148. The van der Waals surface area contributed by atoms with Gasteiger partial charge in [-0.1, -0.05) is 6.07 Å². The lowest BCUT2D eigenvalue weighted by molar-refractivity contribution is -0.140. The highest BCUT2D eigenvalue weighted by Gasteiger charge is 2.55. The summed E-state index contributed by atoms with van der Waals surface area (Å²) in [6.45, 7) is 3.84. The molecule has 1 aliphatic carbocycles. The van der Waals surface area contributed by atoms with Gasteiger partial charge in [0, 0.05) is 0 Å². The number of ether oxygens (including phenoxy) is 2. The zero-order valence-corrected chi connectivity index (χ0v) is 10.9. The summed E-state index contributed by atoms with van der Waals surface area (Å²) in [5.74, 6) is 0.401. The second kappa shape index (κ2) is 4.52. The van der Waals surface area contributed by atoms with Crippen molar-refractivity contribution in [3.05, 3.63) is 23.8 Å². The third kappa shape index (κ3) is 2.03. The molecule has 2 rings (SSSR count). The van der Waals surface area contributed by atoms with Crippen molar-refractivity contribution in [2.45, 2.75) is 38.2 Å². The van der Waals surface area contributed by atoms with Crippen LogP contribution in [0.2, 0.25) is 0 Å². The summed E-state index contributed by atoms with van der Waals surface area (Å²) < 4.78 is 11.0. The van der Waals surface area contributed by atoms with E-state index in [2.05, 4.69) is 0 Å². The van der Waals surface area contributed by atoms with E-state index in [9.17, 15) is 9.90 Å². The number of aliphatic carboxylic acids is 1. The Balaban J connectivity index is 2.52. The molecule has 1 saturated carbocycles. The Labute approximate surface area is 107 Å². The van der Waals surface area contributed by atoms with Gasteiger partial charge in [0.05, 0.1) is 18.8 Å².